The van der Waals surface area contributed by atoms with E-state index in [-0.39, 0.29) is 12.1 Å². The molecule has 1 N–H and O–H groups in total. The first-order valence-electron chi connectivity index (χ1n) is 10.2. The molecule has 1 aromatic rings. The van der Waals surface area contributed by atoms with Gasteiger partial charge >= 0.3 is 6.03 Å². The van der Waals surface area contributed by atoms with Crippen molar-refractivity contribution < 1.29 is 14.3 Å². The van der Waals surface area contributed by atoms with Gasteiger partial charge in [-0.15, -0.1) is 0 Å². The number of ether oxygens (including phenoxy) is 2. The van der Waals surface area contributed by atoms with Gasteiger partial charge in [0.1, 0.15) is 6.10 Å². The minimum absolute atomic E-state index is 0.0155. The molecule has 0 radical (unpaired) electrons. The van der Waals surface area contributed by atoms with Gasteiger partial charge in [-0.1, -0.05) is 18.6 Å². The van der Waals surface area contributed by atoms with E-state index in [2.05, 4.69) is 24.1 Å². The first-order valence-corrected chi connectivity index (χ1v) is 10.2. The number of likely N-dealkylation sites (tertiary alicyclic amines) is 2. The molecule has 0 aliphatic carbocycles. The molecule has 0 aromatic heterocycles. The minimum Gasteiger partial charge on any atom is -0.493 e. The molecule has 2 heterocycles. The predicted octanol–water partition coefficient (Wildman–Crippen LogP) is 3.12. The molecule has 2 saturated heterocycles. The van der Waals surface area contributed by atoms with Crippen LogP contribution in [0.2, 0.25) is 0 Å². The highest BCUT2D eigenvalue weighted by Crippen LogP contribution is 2.28. The summed E-state index contributed by atoms with van der Waals surface area (Å²) in [6, 6.07) is 8.80. The number of nitrogens with one attached hydrogen (secondary N) is 1. The summed E-state index contributed by atoms with van der Waals surface area (Å²) in [6.45, 7) is 7.68. The number of urea groups is 1. The number of hydrogen-bond acceptors (Lipinski definition) is 4. The SMILES string of the molecule is COc1ccccc1OC1CN(C(=O)NCC[C@H]2CCCCN2C(C)C)C1. The maximum Gasteiger partial charge on any atom is 0.317 e. The molecule has 2 aliphatic rings. The van der Waals surface area contributed by atoms with Crippen molar-refractivity contribution in [2.24, 2.45) is 0 Å². The zero-order valence-corrected chi connectivity index (χ0v) is 16.8. The van der Waals surface area contributed by atoms with Crippen molar-refractivity contribution in [3.05, 3.63) is 24.3 Å². The van der Waals surface area contributed by atoms with Gasteiger partial charge in [0.05, 0.1) is 20.2 Å². The van der Waals surface area contributed by atoms with Gasteiger partial charge in [0, 0.05) is 18.6 Å². The zero-order chi connectivity index (χ0) is 19.2. The van der Waals surface area contributed by atoms with Gasteiger partial charge < -0.3 is 19.7 Å². The standard InChI is InChI=1S/C21H33N3O3/c1-16(2)24-13-7-6-8-17(24)11-12-22-21(25)23-14-18(15-23)27-20-10-5-4-9-19(20)26-3/h4-5,9-10,16-18H,6-8,11-15H2,1-3H3,(H,22,25)/t17-/m1/s1. The second-order valence-corrected chi connectivity index (χ2v) is 7.80. The van der Waals surface area contributed by atoms with Crippen LogP contribution < -0.4 is 14.8 Å². The Balaban J connectivity index is 1.37. The molecule has 2 amide bonds. The van der Waals surface area contributed by atoms with Gasteiger partial charge in [0.2, 0.25) is 0 Å². The summed E-state index contributed by atoms with van der Waals surface area (Å²) in [5.41, 5.74) is 0. The Kier molecular flexibility index (Phi) is 6.83. The topological polar surface area (TPSA) is 54.0 Å². The van der Waals surface area contributed by atoms with Crippen molar-refractivity contribution in [1.29, 1.82) is 0 Å². The van der Waals surface area contributed by atoms with Gasteiger partial charge in [-0.05, 0) is 51.8 Å². The molecule has 2 fully saturated rings. The Morgan fingerprint density at radius 3 is 2.67 bits per heavy atom. The van der Waals surface area contributed by atoms with E-state index in [9.17, 15) is 4.79 Å². The number of nitrogens with zero attached hydrogens (tertiary/aromatic N) is 2. The van der Waals surface area contributed by atoms with Crippen molar-refractivity contribution in [3.63, 3.8) is 0 Å². The second kappa shape index (κ2) is 9.31. The van der Waals surface area contributed by atoms with Gasteiger partial charge in [-0.25, -0.2) is 4.79 Å². The second-order valence-electron chi connectivity index (χ2n) is 7.80. The molecule has 0 saturated carbocycles. The molecule has 6 heteroatoms. The van der Waals surface area contributed by atoms with E-state index in [0.29, 0.717) is 25.2 Å². The fourth-order valence-corrected chi connectivity index (χ4v) is 4.04. The van der Waals surface area contributed by atoms with Gasteiger partial charge in [0.15, 0.2) is 11.5 Å². The molecule has 0 spiro atoms. The summed E-state index contributed by atoms with van der Waals surface area (Å²) in [4.78, 5) is 16.7. The van der Waals surface area contributed by atoms with Crippen LogP contribution in [0.15, 0.2) is 24.3 Å². The highest BCUT2D eigenvalue weighted by molar-refractivity contribution is 5.75. The first kappa shape index (κ1) is 19.8. The van der Waals surface area contributed by atoms with E-state index in [1.807, 2.05) is 24.3 Å². The largest absolute Gasteiger partial charge is 0.493 e. The van der Waals surface area contributed by atoms with Crippen molar-refractivity contribution in [1.82, 2.24) is 15.1 Å². The fourth-order valence-electron chi connectivity index (χ4n) is 4.04. The van der Waals surface area contributed by atoms with E-state index in [4.69, 9.17) is 9.47 Å². The van der Waals surface area contributed by atoms with Gasteiger partial charge in [-0.3, -0.25) is 4.90 Å². The normalized spacial score (nSPS) is 21.0. The third kappa shape index (κ3) is 5.06. The lowest BCUT2D eigenvalue weighted by Gasteiger charge is -2.40. The highest BCUT2D eigenvalue weighted by atomic mass is 16.5. The van der Waals surface area contributed by atoms with Crippen LogP contribution in [0, 0.1) is 0 Å². The average molecular weight is 376 g/mol. The van der Waals surface area contributed by atoms with Crippen molar-refractivity contribution in [2.75, 3.05) is 33.3 Å². The number of methoxy groups -OCH3 is 1. The molecular formula is C21H33N3O3. The molecule has 6 nitrogen and oxygen atoms in total. The Morgan fingerprint density at radius 2 is 1.96 bits per heavy atom. The highest BCUT2D eigenvalue weighted by Gasteiger charge is 2.33. The van der Waals surface area contributed by atoms with E-state index in [1.54, 1.807) is 12.0 Å². The van der Waals surface area contributed by atoms with Crippen molar-refractivity contribution >= 4 is 6.03 Å². The summed E-state index contributed by atoms with van der Waals surface area (Å²) >= 11 is 0. The molecule has 27 heavy (non-hydrogen) atoms. The molecule has 150 valence electrons. The van der Waals surface area contributed by atoms with Crippen molar-refractivity contribution in [2.45, 2.75) is 57.7 Å². The quantitative estimate of drug-likeness (QED) is 0.796. The maximum atomic E-state index is 12.3. The molecule has 3 rings (SSSR count). The summed E-state index contributed by atoms with van der Waals surface area (Å²) < 4.78 is 11.2. The van der Waals surface area contributed by atoms with E-state index in [1.165, 1.54) is 25.8 Å². The number of amides is 2. The zero-order valence-electron chi connectivity index (χ0n) is 16.8. The Labute approximate surface area is 162 Å². The van der Waals surface area contributed by atoms with Crippen LogP contribution in [0.5, 0.6) is 11.5 Å². The molecule has 1 atom stereocenters. The lowest BCUT2D eigenvalue weighted by atomic mass is 9.98. The fraction of sp³-hybridized carbons (Fsp3) is 0.667. The third-order valence-electron chi connectivity index (χ3n) is 5.59. The number of rotatable bonds is 7. The predicted molar refractivity (Wildman–Crippen MR) is 106 cm³/mol. The Morgan fingerprint density at radius 1 is 1.22 bits per heavy atom. The monoisotopic (exact) mass is 375 g/mol. The molecule has 2 aliphatic heterocycles. The van der Waals surface area contributed by atoms with Crippen LogP contribution in [-0.4, -0.2) is 67.3 Å². The van der Waals surface area contributed by atoms with Gasteiger partial charge in [-0.2, -0.15) is 0 Å². The number of hydrogen-bond donors (Lipinski definition) is 1. The van der Waals surface area contributed by atoms with E-state index in [0.717, 1.165) is 24.5 Å². The van der Waals surface area contributed by atoms with Crippen LogP contribution >= 0.6 is 0 Å². The Hall–Kier alpha value is -1.95. The van der Waals surface area contributed by atoms with Crippen LogP contribution in [0.1, 0.15) is 39.5 Å². The number of piperidine rings is 1. The van der Waals surface area contributed by atoms with Crippen LogP contribution in [-0.2, 0) is 0 Å². The summed E-state index contributed by atoms with van der Waals surface area (Å²) in [5.74, 6) is 1.46. The summed E-state index contributed by atoms with van der Waals surface area (Å²) in [6.07, 6.45) is 4.89. The van der Waals surface area contributed by atoms with Crippen LogP contribution in [0.4, 0.5) is 4.79 Å². The molecule has 1 aromatic carbocycles. The molecule has 0 unspecified atom stereocenters. The molecule has 0 bridgehead atoms. The lowest BCUT2D eigenvalue weighted by Crippen LogP contribution is -2.59. The maximum absolute atomic E-state index is 12.3. The first-order chi connectivity index (χ1) is 13.1. The summed E-state index contributed by atoms with van der Waals surface area (Å²) in [7, 11) is 1.63. The minimum atomic E-state index is 0.0155. The Bertz CT molecular complexity index is 616. The van der Waals surface area contributed by atoms with Crippen molar-refractivity contribution in [3.8, 4) is 11.5 Å². The molecular weight excluding hydrogens is 342 g/mol. The van der Waals surface area contributed by atoms with E-state index < -0.39 is 0 Å². The van der Waals surface area contributed by atoms with Gasteiger partial charge in [0.25, 0.3) is 0 Å². The number of carbonyl (C=O) groups is 1. The smallest absolute Gasteiger partial charge is 0.317 e. The van der Waals surface area contributed by atoms with Crippen LogP contribution in [0.3, 0.4) is 0 Å². The van der Waals surface area contributed by atoms with E-state index >= 15 is 0 Å². The lowest BCUT2D eigenvalue weighted by molar-refractivity contribution is 0.0422. The number of para-hydroxylation sites is 2. The number of carbonyl (C=O) groups excluding carboxylic acids is 1. The number of benzene rings is 1. The van der Waals surface area contributed by atoms with Crippen LogP contribution in [0.25, 0.3) is 0 Å². The third-order valence-corrected chi connectivity index (χ3v) is 5.59. The summed E-state index contributed by atoms with van der Waals surface area (Å²) in [5, 5.41) is 3.08. The average Bonchev–Trinajstić information content (AvgIpc) is 2.64.